The molecule has 5 nitrogen and oxygen atoms in total. The van der Waals surface area contributed by atoms with E-state index in [1.54, 1.807) is 6.26 Å². The van der Waals surface area contributed by atoms with Crippen LogP contribution in [0.15, 0.2) is 22.8 Å². The molecule has 136 valence electrons. The summed E-state index contributed by atoms with van der Waals surface area (Å²) < 4.78 is 16.7. The fraction of sp³-hybridized carbons (Fsp3) is 0.737. The molecule has 0 saturated carbocycles. The van der Waals surface area contributed by atoms with Crippen LogP contribution >= 0.6 is 0 Å². The van der Waals surface area contributed by atoms with Crippen LogP contribution in [0.4, 0.5) is 4.79 Å². The highest BCUT2D eigenvalue weighted by atomic mass is 16.6. The smallest absolute Gasteiger partial charge is 0.410 e. The van der Waals surface area contributed by atoms with Crippen LogP contribution in [-0.4, -0.2) is 35.8 Å². The Balaban J connectivity index is 1.75. The predicted molar refractivity (Wildman–Crippen MR) is 92.9 cm³/mol. The van der Waals surface area contributed by atoms with Gasteiger partial charge in [-0.05, 0) is 71.9 Å². The number of hydrogen-bond donors (Lipinski definition) is 0. The molecule has 24 heavy (non-hydrogen) atoms. The van der Waals surface area contributed by atoms with Gasteiger partial charge in [-0.1, -0.05) is 0 Å². The Labute approximate surface area is 145 Å². The van der Waals surface area contributed by atoms with Gasteiger partial charge < -0.3 is 18.8 Å². The monoisotopic (exact) mass is 337 g/mol. The molecular weight excluding hydrogens is 306 g/mol. The number of carbonyl (C=O) groups is 1. The minimum atomic E-state index is -0.444. The second kappa shape index (κ2) is 8.56. The molecule has 1 aromatic heterocycles. The number of ether oxygens (including phenoxy) is 2. The van der Waals surface area contributed by atoms with Crippen LogP contribution in [0.5, 0.6) is 0 Å². The van der Waals surface area contributed by atoms with Crippen molar-refractivity contribution in [1.82, 2.24) is 4.90 Å². The van der Waals surface area contributed by atoms with Gasteiger partial charge in [0.15, 0.2) is 0 Å². The first-order valence-corrected chi connectivity index (χ1v) is 9.01. The number of amides is 1. The van der Waals surface area contributed by atoms with E-state index in [2.05, 4.69) is 0 Å². The largest absolute Gasteiger partial charge is 0.467 e. The zero-order valence-electron chi connectivity index (χ0n) is 15.4. The standard InChI is InChI=1S/C19H31NO4/c1-15(17-11-8-14-23-17)22-13-7-10-16-9-5-6-12-20(16)18(21)24-19(2,3)4/h8,11,14-16H,5-7,9-10,12-13H2,1-4H3/t15-,16+/m1/s1. The maximum atomic E-state index is 12.4. The van der Waals surface area contributed by atoms with Gasteiger partial charge in [-0.25, -0.2) is 4.79 Å². The van der Waals surface area contributed by atoms with Crippen molar-refractivity contribution in [2.45, 2.75) is 77.5 Å². The Hall–Kier alpha value is -1.49. The van der Waals surface area contributed by atoms with Gasteiger partial charge in [-0.3, -0.25) is 0 Å². The molecule has 0 bridgehead atoms. The van der Waals surface area contributed by atoms with Crippen LogP contribution in [0.1, 0.15) is 71.7 Å². The highest BCUT2D eigenvalue weighted by Crippen LogP contribution is 2.24. The summed E-state index contributed by atoms with van der Waals surface area (Å²) in [7, 11) is 0. The molecule has 0 aliphatic carbocycles. The van der Waals surface area contributed by atoms with Gasteiger partial charge in [-0.2, -0.15) is 0 Å². The van der Waals surface area contributed by atoms with Gasteiger partial charge in [0.1, 0.15) is 17.5 Å². The van der Waals surface area contributed by atoms with Crippen molar-refractivity contribution < 1.29 is 18.7 Å². The molecule has 0 N–H and O–H groups in total. The van der Waals surface area contributed by atoms with E-state index in [1.165, 1.54) is 6.42 Å². The molecular formula is C19H31NO4. The summed E-state index contributed by atoms with van der Waals surface area (Å²) in [6.45, 7) is 9.19. The topological polar surface area (TPSA) is 51.9 Å². The molecule has 1 aromatic rings. The van der Waals surface area contributed by atoms with Crippen LogP contribution in [0.3, 0.4) is 0 Å². The van der Waals surface area contributed by atoms with Crippen molar-refractivity contribution in [3.05, 3.63) is 24.2 Å². The van der Waals surface area contributed by atoms with Crippen molar-refractivity contribution in [3.8, 4) is 0 Å². The summed E-state index contributed by atoms with van der Waals surface area (Å²) >= 11 is 0. The third-order valence-corrected chi connectivity index (χ3v) is 4.25. The average Bonchev–Trinajstić information content (AvgIpc) is 3.04. The average molecular weight is 337 g/mol. The summed E-state index contributed by atoms with van der Waals surface area (Å²) in [5.74, 6) is 0.850. The van der Waals surface area contributed by atoms with Crippen molar-refractivity contribution >= 4 is 6.09 Å². The maximum absolute atomic E-state index is 12.4. The zero-order valence-corrected chi connectivity index (χ0v) is 15.4. The van der Waals surface area contributed by atoms with Gasteiger partial charge in [0.2, 0.25) is 0 Å². The van der Waals surface area contributed by atoms with E-state index in [1.807, 2.05) is 44.7 Å². The van der Waals surface area contributed by atoms with Gasteiger partial charge in [0.05, 0.1) is 6.26 Å². The third kappa shape index (κ3) is 5.86. The van der Waals surface area contributed by atoms with E-state index in [9.17, 15) is 4.79 Å². The van der Waals surface area contributed by atoms with Crippen LogP contribution in [0.2, 0.25) is 0 Å². The van der Waals surface area contributed by atoms with E-state index in [-0.39, 0.29) is 18.2 Å². The molecule has 2 rings (SSSR count). The van der Waals surface area contributed by atoms with E-state index in [0.717, 1.165) is 38.0 Å². The SMILES string of the molecule is C[C@@H](OCCC[C@@H]1CCCCN1C(=O)OC(C)(C)C)c1ccco1. The number of likely N-dealkylation sites (tertiary alicyclic amines) is 1. The molecule has 1 amide bonds. The molecule has 0 aromatic carbocycles. The van der Waals surface area contributed by atoms with E-state index in [4.69, 9.17) is 13.9 Å². The lowest BCUT2D eigenvalue weighted by molar-refractivity contribution is 0.00521. The van der Waals surface area contributed by atoms with Crippen molar-refractivity contribution in [2.75, 3.05) is 13.2 Å². The first kappa shape index (κ1) is 18.8. The van der Waals surface area contributed by atoms with E-state index < -0.39 is 5.60 Å². The molecule has 5 heteroatoms. The van der Waals surface area contributed by atoms with Crippen LogP contribution in [0, 0.1) is 0 Å². The molecule has 1 aliphatic rings. The van der Waals surface area contributed by atoms with Crippen molar-refractivity contribution in [1.29, 1.82) is 0 Å². The summed E-state index contributed by atoms with van der Waals surface area (Å²) in [6, 6.07) is 4.06. The number of furan rings is 1. The lowest BCUT2D eigenvalue weighted by Crippen LogP contribution is -2.46. The quantitative estimate of drug-likeness (QED) is 0.691. The number of hydrogen-bond acceptors (Lipinski definition) is 4. The van der Waals surface area contributed by atoms with Crippen LogP contribution in [-0.2, 0) is 9.47 Å². The highest BCUT2D eigenvalue weighted by molar-refractivity contribution is 5.68. The van der Waals surface area contributed by atoms with Crippen molar-refractivity contribution in [3.63, 3.8) is 0 Å². The minimum absolute atomic E-state index is 0.0340. The molecule has 1 aliphatic heterocycles. The van der Waals surface area contributed by atoms with E-state index in [0.29, 0.717) is 6.61 Å². The third-order valence-electron chi connectivity index (χ3n) is 4.25. The Morgan fingerprint density at radius 3 is 2.88 bits per heavy atom. The molecule has 2 atom stereocenters. The zero-order chi connectivity index (χ0) is 17.6. The summed E-state index contributed by atoms with van der Waals surface area (Å²) in [6.07, 6.45) is 6.60. The highest BCUT2D eigenvalue weighted by Gasteiger charge is 2.30. The second-order valence-electron chi connectivity index (χ2n) is 7.49. The number of piperidine rings is 1. The van der Waals surface area contributed by atoms with Crippen molar-refractivity contribution in [2.24, 2.45) is 0 Å². The summed E-state index contributed by atoms with van der Waals surface area (Å²) in [4.78, 5) is 14.3. The summed E-state index contributed by atoms with van der Waals surface area (Å²) in [5, 5.41) is 0. The molecule has 1 saturated heterocycles. The van der Waals surface area contributed by atoms with Crippen LogP contribution < -0.4 is 0 Å². The molecule has 0 radical (unpaired) electrons. The first-order chi connectivity index (χ1) is 11.4. The lowest BCUT2D eigenvalue weighted by Gasteiger charge is -2.36. The fourth-order valence-corrected chi connectivity index (χ4v) is 3.05. The Kier molecular flexibility index (Phi) is 6.72. The van der Waals surface area contributed by atoms with E-state index >= 15 is 0 Å². The minimum Gasteiger partial charge on any atom is -0.467 e. The van der Waals surface area contributed by atoms with Gasteiger partial charge in [0.25, 0.3) is 0 Å². The molecule has 1 fully saturated rings. The van der Waals surface area contributed by atoms with Gasteiger partial charge >= 0.3 is 6.09 Å². The van der Waals surface area contributed by atoms with Crippen LogP contribution in [0.25, 0.3) is 0 Å². The molecule has 0 unspecified atom stereocenters. The normalized spacial score (nSPS) is 20.0. The Bertz CT molecular complexity index is 492. The van der Waals surface area contributed by atoms with Gasteiger partial charge in [0, 0.05) is 19.2 Å². The fourth-order valence-electron chi connectivity index (χ4n) is 3.05. The maximum Gasteiger partial charge on any atom is 0.410 e. The summed E-state index contributed by atoms with van der Waals surface area (Å²) in [5.41, 5.74) is -0.444. The first-order valence-electron chi connectivity index (χ1n) is 9.01. The second-order valence-corrected chi connectivity index (χ2v) is 7.49. The predicted octanol–water partition coefficient (Wildman–Crippen LogP) is 4.93. The van der Waals surface area contributed by atoms with Gasteiger partial charge in [-0.15, -0.1) is 0 Å². The molecule has 2 heterocycles. The lowest BCUT2D eigenvalue weighted by atomic mass is 9.98. The Morgan fingerprint density at radius 1 is 1.42 bits per heavy atom. The number of carbonyl (C=O) groups excluding carboxylic acids is 1. The number of rotatable bonds is 6. The number of nitrogens with zero attached hydrogens (tertiary/aromatic N) is 1. The molecule has 0 spiro atoms. The Morgan fingerprint density at radius 2 is 2.21 bits per heavy atom.